The third-order valence-electron chi connectivity index (χ3n) is 6.50. The van der Waals surface area contributed by atoms with Gasteiger partial charge in [0.15, 0.2) is 0 Å². The van der Waals surface area contributed by atoms with Crippen molar-refractivity contribution in [1.29, 1.82) is 0 Å². The van der Waals surface area contributed by atoms with E-state index in [0.717, 1.165) is 38.8 Å². The van der Waals surface area contributed by atoms with Crippen molar-refractivity contribution in [1.82, 2.24) is 15.1 Å². The monoisotopic (exact) mass is 387 g/mol. The first-order chi connectivity index (χ1) is 13.5. The summed E-state index contributed by atoms with van der Waals surface area (Å²) in [7, 11) is 1.87. The summed E-state index contributed by atoms with van der Waals surface area (Å²) >= 11 is 0. The van der Waals surface area contributed by atoms with E-state index in [9.17, 15) is 9.59 Å². The summed E-state index contributed by atoms with van der Waals surface area (Å²) in [5.41, 5.74) is 1.43. The van der Waals surface area contributed by atoms with Crippen molar-refractivity contribution in [3.8, 4) is 0 Å². The number of carboxylic acids is 1. The first kappa shape index (κ1) is 20.8. The molecule has 0 spiro atoms. The number of benzene rings is 1. The fourth-order valence-corrected chi connectivity index (χ4v) is 4.80. The van der Waals surface area contributed by atoms with Gasteiger partial charge in [-0.15, -0.1) is 0 Å². The largest absolute Gasteiger partial charge is 0.480 e. The standard InChI is InChI=1S/C22H33N3O3/c1-24(16-21(27)28)19-9-13-25(14-10-19)15-20(26)23-17-22(11-5-6-12-22)18-7-3-2-4-8-18/h2-4,7-8,19H,5-6,9-17H2,1H3,(H,23,26)(H,27,28). The minimum absolute atomic E-state index is 0.0761. The first-order valence-corrected chi connectivity index (χ1v) is 10.5. The number of piperidine rings is 1. The fraction of sp³-hybridized carbons (Fsp3) is 0.636. The lowest BCUT2D eigenvalue weighted by atomic mass is 9.79. The predicted octanol–water partition coefficient (Wildman–Crippen LogP) is 2.10. The molecule has 2 aliphatic rings. The lowest BCUT2D eigenvalue weighted by molar-refractivity contribution is -0.138. The minimum Gasteiger partial charge on any atom is -0.480 e. The number of rotatable bonds is 8. The number of carboxylic acid groups (broad SMARTS) is 1. The summed E-state index contributed by atoms with van der Waals surface area (Å²) in [5, 5.41) is 12.1. The molecule has 6 nitrogen and oxygen atoms in total. The summed E-state index contributed by atoms with van der Waals surface area (Å²) < 4.78 is 0. The van der Waals surface area contributed by atoms with Gasteiger partial charge in [-0.05, 0) is 38.3 Å². The Kier molecular flexibility index (Phi) is 7.08. The van der Waals surface area contributed by atoms with Gasteiger partial charge in [-0.3, -0.25) is 19.4 Å². The van der Waals surface area contributed by atoms with Crippen LogP contribution in [0, 0.1) is 0 Å². The van der Waals surface area contributed by atoms with Crippen LogP contribution < -0.4 is 5.32 Å². The average molecular weight is 388 g/mol. The molecule has 2 N–H and O–H groups in total. The molecule has 6 heteroatoms. The Morgan fingerprint density at radius 1 is 1.18 bits per heavy atom. The molecule has 2 fully saturated rings. The zero-order valence-corrected chi connectivity index (χ0v) is 16.9. The third kappa shape index (κ3) is 5.32. The Hall–Kier alpha value is -1.92. The molecule has 1 aliphatic heterocycles. The summed E-state index contributed by atoms with van der Waals surface area (Å²) in [6.07, 6.45) is 6.54. The lowest BCUT2D eigenvalue weighted by Crippen LogP contribution is -2.48. The number of carbonyl (C=O) groups is 2. The summed E-state index contributed by atoms with van der Waals surface area (Å²) in [4.78, 5) is 27.5. The van der Waals surface area contributed by atoms with E-state index in [2.05, 4.69) is 34.5 Å². The van der Waals surface area contributed by atoms with E-state index in [-0.39, 0.29) is 23.9 Å². The number of likely N-dealkylation sites (N-methyl/N-ethyl adjacent to an activating group) is 1. The number of carbonyl (C=O) groups excluding carboxylic acids is 1. The number of nitrogens with one attached hydrogen (secondary N) is 1. The topological polar surface area (TPSA) is 72.9 Å². The maximum atomic E-state index is 12.6. The van der Waals surface area contributed by atoms with Gasteiger partial charge in [-0.1, -0.05) is 43.2 Å². The zero-order valence-electron chi connectivity index (χ0n) is 16.9. The van der Waals surface area contributed by atoms with Gasteiger partial charge in [0, 0.05) is 31.1 Å². The van der Waals surface area contributed by atoms with E-state index >= 15 is 0 Å². The van der Waals surface area contributed by atoms with Crippen molar-refractivity contribution in [2.75, 3.05) is 39.8 Å². The quantitative estimate of drug-likeness (QED) is 0.715. The van der Waals surface area contributed by atoms with Crippen LogP contribution in [0.2, 0.25) is 0 Å². The molecule has 1 aliphatic carbocycles. The number of hydrogen-bond donors (Lipinski definition) is 2. The van der Waals surface area contributed by atoms with Crippen LogP contribution >= 0.6 is 0 Å². The molecule has 1 aromatic carbocycles. The number of amides is 1. The molecule has 1 saturated heterocycles. The summed E-state index contributed by atoms with van der Waals surface area (Å²) in [6.45, 7) is 2.90. The van der Waals surface area contributed by atoms with Crippen LogP contribution in [0.3, 0.4) is 0 Å². The van der Waals surface area contributed by atoms with Gasteiger partial charge in [-0.2, -0.15) is 0 Å². The molecule has 0 radical (unpaired) electrons. The molecule has 3 rings (SSSR count). The van der Waals surface area contributed by atoms with Crippen LogP contribution in [0.4, 0.5) is 0 Å². The van der Waals surface area contributed by atoms with Crippen LogP contribution in [-0.4, -0.2) is 72.6 Å². The van der Waals surface area contributed by atoms with Crippen molar-refractivity contribution in [2.24, 2.45) is 0 Å². The van der Waals surface area contributed by atoms with E-state index < -0.39 is 5.97 Å². The molecule has 0 atom stereocenters. The molecule has 0 unspecified atom stereocenters. The molecular formula is C22H33N3O3. The molecular weight excluding hydrogens is 354 g/mol. The molecule has 0 bridgehead atoms. The lowest BCUT2D eigenvalue weighted by Gasteiger charge is -2.36. The Morgan fingerprint density at radius 3 is 2.43 bits per heavy atom. The van der Waals surface area contributed by atoms with Gasteiger partial charge in [0.25, 0.3) is 0 Å². The molecule has 1 heterocycles. The first-order valence-electron chi connectivity index (χ1n) is 10.5. The molecule has 1 aromatic rings. The van der Waals surface area contributed by atoms with Gasteiger partial charge in [0.1, 0.15) is 0 Å². The van der Waals surface area contributed by atoms with Gasteiger partial charge < -0.3 is 10.4 Å². The minimum atomic E-state index is -0.788. The van der Waals surface area contributed by atoms with Crippen molar-refractivity contribution >= 4 is 11.9 Å². The second-order valence-corrected chi connectivity index (χ2v) is 8.45. The maximum absolute atomic E-state index is 12.6. The van der Waals surface area contributed by atoms with Crippen LogP contribution in [-0.2, 0) is 15.0 Å². The SMILES string of the molecule is CN(CC(=O)O)C1CCN(CC(=O)NCC2(c3ccccc3)CCCC2)CC1. The van der Waals surface area contributed by atoms with Crippen LogP contribution in [0.15, 0.2) is 30.3 Å². The summed E-state index contributed by atoms with van der Waals surface area (Å²) in [6, 6.07) is 10.9. The number of nitrogens with zero attached hydrogens (tertiary/aromatic N) is 2. The van der Waals surface area contributed by atoms with Gasteiger partial charge in [0.05, 0.1) is 13.1 Å². The number of likely N-dealkylation sites (tertiary alicyclic amines) is 1. The van der Waals surface area contributed by atoms with Crippen LogP contribution in [0.1, 0.15) is 44.1 Å². The molecule has 1 saturated carbocycles. The van der Waals surface area contributed by atoms with Crippen LogP contribution in [0.25, 0.3) is 0 Å². The maximum Gasteiger partial charge on any atom is 0.317 e. The molecule has 1 amide bonds. The highest BCUT2D eigenvalue weighted by atomic mass is 16.4. The van der Waals surface area contributed by atoms with Crippen molar-refractivity contribution in [3.05, 3.63) is 35.9 Å². The second kappa shape index (κ2) is 9.52. The zero-order chi connectivity index (χ0) is 20.0. The van der Waals surface area contributed by atoms with E-state index in [1.54, 1.807) is 0 Å². The van der Waals surface area contributed by atoms with Crippen molar-refractivity contribution in [2.45, 2.75) is 50.0 Å². The predicted molar refractivity (Wildman–Crippen MR) is 109 cm³/mol. The highest BCUT2D eigenvalue weighted by molar-refractivity contribution is 5.78. The highest BCUT2D eigenvalue weighted by Crippen LogP contribution is 2.40. The molecule has 154 valence electrons. The highest BCUT2D eigenvalue weighted by Gasteiger charge is 2.36. The smallest absolute Gasteiger partial charge is 0.317 e. The number of aliphatic carboxylic acids is 1. The average Bonchev–Trinajstić information content (AvgIpc) is 3.17. The van der Waals surface area contributed by atoms with E-state index in [4.69, 9.17) is 5.11 Å². The summed E-state index contributed by atoms with van der Waals surface area (Å²) in [5.74, 6) is -0.692. The molecule has 28 heavy (non-hydrogen) atoms. The van der Waals surface area contributed by atoms with E-state index in [1.165, 1.54) is 18.4 Å². The van der Waals surface area contributed by atoms with E-state index in [0.29, 0.717) is 13.1 Å². The van der Waals surface area contributed by atoms with Crippen molar-refractivity contribution in [3.63, 3.8) is 0 Å². The normalized spacial score (nSPS) is 20.4. The van der Waals surface area contributed by atoms with Crippen LogP contribution in [0.5, 0.6) is 0 Å². The Labute approximate surface area is 167 Å². The van der Waals surface area contributed by atoms with Gasteiger partial charge in [0.2, 0.25) is 5.91 Å². The second-order valence-electron chi connectivity index (χ2n) is 8.45. The third-order valence-corrected chi connectivity index (χ3v) is 6.50. The Morgan fingerprint density at radius 2 is 1.82 bits per heavy atom. The Bertz CT molecular complexity index is 650. The van der Waals surface area contributed by atoms with E-state index in [1.807, 2.05) is 18.0 Å². The Balaban J connectivity index is 1.45. The van der Waals surface area contributed by atoms with Gasteiger partial charge in [-0.25, -0.2) is 0 Å². The van der Waals surface area contributed by atoms with Gasteiger partial charge >= 0.3 is 5.97 Å². The molecule has 0 aromatic heterocycles. The fourth-order valence-electron chi connectivity index (χ4n) is 4.80. The number of hydrogen-bond acceptors (Lipinski definition) is 4. The van der Waals surface area contributed by atoms with Crippen molar-refractivity contribution < 1.29 is 14.7 Å².